The van der Waals surface area contributed by atoms with Gasteiger partial charge in [-0.25, -0.2) is 9.97 Å². The third-order valence-electron chi connectivity index (χ3n) is 5.95. The minimum atomic E-state index is 0.197. The number of nitrogens with zero attached hydrogens (tertiary/aromatic N) is 7. The van der Waals surface area contributed by atoms with Crippen LogP contribution < -0.4 is 9.80 Å². The van der Waals surface area contributed by atoms with Gasteiger partial charge in [-0.1, -0.05) is 18.2 Å². The molecule has 4 heterocycles. The van der Waals surface area contributed by atoms with Gasteiger partial charge in [0, 0.05) is 45.5 Å². The lowest BCUT2D eigenvalue weighted by molar-refractivity contribution is -0.119. The summed E-state index contributed by atoms with van der Waals surface area (Å²) in [6.45, 7) is 4.64. The maximum absolute atomic E-state index is 13.0. The molecule has 0 unspecified atom stereocenters. The molecule has 1 fully saturated rings. The molecule has 8 nitrogen and oxygen atoms in total. The maximum atomic E-state index is 13.0. The Labute approximate surface area is 169 Å². The summed E-state index contributed by atoms with van der Waals surface area (Å²) in [4.78, 5) is 28.3. The summed E-state index contributed by atoms with van der Waals surface area (Å²) in [6.07, 6.45) is 5.52. The van der Waals surface area contributed by atoms with Crippen LogP contribution in [0.25, 0.3) is 11.0 Å². The van der Waals surface area contributed by atoms with E-state index in [0.29, 0.717) is 6.54 Å². The van der Waals surface area contributed by atoms with Crippen molar-refractivity contribution < 1.29 is 4.79 Å². The zero-order chi connectivity index (χ0) is 19.8. The van der Waals surface area contributed by atoms with Gasteiger partial charge in [-0.05, 0) is 24.5 Å². The predicted octanol–water partition coefficient (Wildman–Crippen LogP) is 1.46. The average Bonchev–Trinajstić information content (AvgIpc) is 3.15. The number of para-hydroxylation sites is 1. The first-order valence-electron chi connectivity index (χ1n) is 10.2. The van der Waals surface area contributed by atoms with E-state index < -0.39 is 0 Å². The van der Waals surface area contributed by atoms with Crippen LogP contribution in [0.4, 0.5) is 11.5 Å². The molecule has 150 valence electrons. The number of carbonyl (C=O) groups is 1. The topological polar surface area (TPSA) is 70.4 Å². The lowest BCUT2D eigenvalue weighted by Gasteiger charge is -2.37. The summed E-state index contributed by atoms with van der Waals surface area (Å²) in [5.74, 6) is 1.13. The first kappa shape index (κ1) is 18.1. The smallest absolute Gasteiger partial charge is 0.241 e. The van der Waals surface area contributed by atoms with Crippen molar-refractivity contribution in [2.75, 3.05) is 49.1 Å². The van der Waals surface area contributed by atoms with E-state index in [0.717, 1.165) is 68.1 Å². The summed E-state index contributed by atoms with van der Waals surface area (Å²) < 4.78 is 1.77. The number of aromatic nitrogens is 4. The van der Waals surface area contributed by atoms with E-state index >= 15 is 0 Å². The van der Waals surface area contributed by atoms with E-state index in [2.05, 4.69) is 43.1 Å². The van der Waals surface area contributed by atoms with Gasteiger partial charge in [0.2, 0.25) is 5.91 Å². The Morgan fingerprint density at radius 1 is 1.07 bits per heavy atom. The summed E-state index contributed by atoms with van der Waals surface area (Å²) in [5, 5.41) is 5.28. The zero-order valence-corrected chi connectivity index (χ0v) is 16.7. The van der Waals surface area contributed by atoms with Crippen molar-refractivity contribution in [1.82, 2.24) is 24.6 Å². The number of hydrogen-bond donors (Lipinski definition) is 0. The summed E-state index contributed by atoms with van der Waals surface area (Å²) in [6, 6.07) is 8.27. The number of fused-ring (bicyclic) bond motifs is 2. The van der Waals surface area contributed by atoms with Crippen molar-refractivity contribution in [1.29, 1.82) is 0 Å². The SMILES string of the molecule is Cn1ncc2c(N3CCN(CC(=O)N4CCCc5ccccc54)CC3)ncnc21. The number of hydrogen-bond acceptors (Lipinski definition) is 6. The minimum Gasteiger partial charge on any atom is -0.353 e. The molecule has 0 aliphatic carbocycles. The van der Waals surface area contributed by atoms with Gasteiger partial charge in [0.25, 0.3) is 0 Å². The predicted molar refractivity (Wildman–Crippen MR) is 112 cm³/mol. The Bertz CT molecular complexity index is 1040. The molecule has 2 aliphatic rings. The molecular formula is C21H25N7O. The standard InChI is InChI=1S/C21H25N7O/c1-25-20-17(13-24-25)21(23-15-22-20)27-11-9-26(10-12-27)14-19(29)28-8-4-6-16-5-2-3-7-18(16)28/h2-3,5,7,13,15H,4,6,8-12,14H2,1H3. The molecule has 0 spiro atoms. The van der Waals surface area contributed by atoms with Crippen molar-refractivity contribution in [2.24, 2.45) is 7.05 Å². The molecule has 3 aromatic rings. The first-order valence-corrected chi connectivity index (χ1v) is 10.2. The van der Waals surface area contributed by atoms with Gasteiger partial charge in [-0.2, -0.15) is 5.10 Å². The summed E-state index contributed by atoms with van der Waals surface area (Å²) in [7, 11) is 1.89. The second-order valence-corrected chi connectivity index (χ2v) is 7.74. The molecule has 8 heteroatoms. The van der Waals surface area contributed by atoms with Crippen molar-refractivity contribution in [3.8, 4) is 0 Å². The highest BCUT2D eigenvalue weighted by molar-refractivity contribution is 5.96. The van der Waals surface area contributed by atoms with E-state index in [1.54, 1.807) is 11.0 Å². The quantitative estimate of drug-likeness (QED) is 0.673. The van der Waals surface area contributed by atoms with Crippen LogP contribution in [0.1, 0.15) is 12.0 Å². The summed E-state index contributed by atoms with van der Waals surface area (Å²) in [5.41, 5.74) is 3.21. The molecular weight excluding hydrogens is 366 g/mol. The molecule has 29 heavy (non-hydrogen) atoms. The largest absolute Gasteiger partial charge is 0.353 e. The van der Waals surface area contributed by atoms with Crippen LogP contribution >= 0.6 is 0 Å². The van der Waals surface area contributed by atoms with Gasteiger partial charge < -0.3 is 9.80 Å². The Morgan fingerprint density at radius 2 is 1.90 bits per heavy atom. The zero-order valence-electron chi connectivity index (χ0n) is 16.7. The van der Waals surface area contributed by atoms with Crippen LogP contribution in [-0.2, 0) is 18.3 Å². The molecule has 0 atom stereocenters. The molecule has 2 aliphatic heterocycles. The van der Waals surface area contributed by atoms with Crippen LogP contribution in [0.2, 0.25) is 0 Å². The van der Waals surface area contributed by atoms with E-state index in [9.17, 15) is 4.79 Å². The van der Waals surface area contributed by atoms with Crippen LogP contribution in [0.5, 0.6) is 0 Å². The lowest BCUT2D eigenvalue weighted by atomic mass is 10.0. The Kier molecular flexibility index (Phi) is 4.63. The van der Waals surface area contributed by atoms with Gasteiger partial charge >= 0.3 is 0 Å². The lowest BCUT2D eigenvalue weighted by Crippen LogP contribution is -2.51. The number of benzene rings is 1. The Morgan fingerprint density at radius 3 is 2.76 bits per heavy atom. The van der Waals surface area contributed by atoms with Crippen molar-refractivity contribution >= 4 is 28.4 Å². The Hall–Kier alpha value is -3.00. The molecule has 0 N–H and O–H groups in total. The van der Waals surface area contributed by atoms with Crippen LogP contribution in [-0.4, -0.2) is 69.8 Å². The van der Waals surface area contributed by atoms with Crippen molar-refractivity contribution in [2.45, 2.75) is 12.8 Å². The van der Waals surface area contributed by atoms with Crippen LogP contribution in [0, 0.1) is 0 Å². The van der Waals surface area contributed by atoms with Gasteiger partial charge in [0.05, 0.1) is 18.1 Å². The molecule has 2 aromatic heterocycles. The molecule has 1 saturated heterocycles. The number of amides is 1. The number of carbonyl (C=O) groups excluding carboxylic acids is 1. The van der Waals surface area contributed by atoms with E-state index in [1.807, 2.05) is 24.2 Å². The second kappa shape index (κ2) is 7.44. The van der Waals surface area contributed by atoms with E-state index in [-0.39, 0.29) is 5.91 Å². The third kappa shape index (κ3) is 3.33. The van der Waals surface area contributed by atoms with Gasteiger partial charge in [0.15, 0.2) is 5.65 Å². The second-order valence-electron chi connectivity index (χ2n) is 7.74. The number of aryl methyl sites for hydroxylation is 2. The molecule has 0 radical (unpaired) electrons. The molecule has 1 amide bonds. The third-order valence-corrected chi connectivity index (χ3v) is 5.95. The highest BCUT2D eigenvalue weighted by atomic mass is 16.2. The van der Waals surface area contributed by atoms with E-state index in [4.69, 9.17) is 0 Å². The van der Waals surface area contributed by atoms with Crippen molar-refractivity contribution in [3.05, 3.63) is 42.4 Å². The van der Waals surface area contributed by atoms with Crippen LogP contribution in [0.3, 0.4) is 0 Å². The fraction of sp³-hybridized carbons (Fsp3) is 0.429. The molecule has 1 aromatic carbocycles. The number of rotatable bonds is 3. The molecule has 5 rings (SSSR count). The van der Waals surface area contributed by atoms with Gasteiger partial charge in [-0.3, -0.25) is 14.4 Å². The first-order chi connectivity index (χ1) is 14.2. The number of piperazine rings is 1. The minimum absolute atomic E-state index is 0.197. The summed E-state index contributed by atoms with van der Waals surface area (Å²) >= 11 is 0. The maximum Gasteiger partial charge on any atom is 0.241 e. The number of anilines is 2. The fourth-order valence-electron chi connectivity index (χ4n) is 4.39. The van der Waals surface area contributed by atoms with Crippen LogP contribution in [0.15, 0.2) is 36.8 Å². The highest BCUT2D eigenvalue weighted by Gasteiger charge is 2.26. The highest BCUT2D eigenvalue weighted by Crippen LogP contribution is 2.27. The van der Waals surface area contributed by atoms with Crippen molar-refractivity contribution in [3.63, 3.8) is 0 Å². The van der Waals surface area contributed by atoms with Gasteiger partial charge in [-0.15, -0.1) is 0 Å². The normalized spacial score (nSPS) is 17.6. The molecule has 0 saturated carbocycles. The van der Waals surface area contributed by atoms with E-state index in [1.165, 1.54) is 5.56 Å². The fourth-order valence-corrected chi connectivity index (χ4v) is 4.39. The molecule has 0 bridgehead atoms. The monoisotopic (exact) mass is 391 g/mol. The Balaban J connectivity index is 1.24. The van der Waals surface area contributed by atoms with Gasteiger partial charge in [0.1, 0.15) is 12.1 Å². The average molecular weight is 391 g/mol.